The number of carbonyl (C=O) groups excluding carboxylic acids is 1. The molecule has 0 bridgehead atoms. The predicted molar refractivity (Wildman–Crippen MR) is 65.1 cm³/mol. The summed E-state index contributed by atoms with van der Waals surface area (Å²) in [6.45, 7) is 0. The van der Waals surface area contributed by atoms with Crippen LogP contribution in [0.25, 0.3) is 10.1 Å². The average Bonchev–Trinajstić information content (AvgIpc) is 3.05. The quantitative estimate of drug-likeness (QED) is 0.740. The SMILES string of the molecule is COC(=O)c1cc2cccc(C3CC3)c2s1. The molecule has 0 atom stereocenters. The Morgan fingerprint density at radius 2 is 2.25 bits per heavy atom. The van der Waals surface area contributed by atoms with E-state index in [1.54, 1.807) is 11.3 Å². The summed E-state index contributed by atoms with van der Waals surface area (Å²) in [5, 5.41) is 1.16. The maximum atomic E-state index is 11.5. The van der Waals surface area contributed by atoms with Gasteiger partial charge in [-0.25, -0.2) is 4.79 Å². The van der Waals surface area contributed by atoms with Gasteiger partial charge in [-0.1, -0.05) is 18.2 Å². The number of methoxy groups -OCH3 is 1. The highest BCUT2D eigenvalue weighted by Crippen LogP contribution is 2.45. The first-order valence-electron chi connectivity index (χ1n) is 5.40. The molecule has 1 aliphatic carbocycles. The van der Waals surface area contributed by atoms with Gasteiger partial charge in [-0.05, 0) is 35.8 Å². The van der Waals surface area contributed by atoms with Crippen LogP contribution in [-0.4, -0.2) is 13.1 Å². The molecule has 1 aromatic heterocycles. The number of carbonyl (C=O) groups is 1. The van der Waals surface area contributed by atoms with E-state index in [-0.39, 0.29) is 5.97 Å². The number of rotatable bonds is 2. The van der Waals surface area contributed by atoms with Crippen molar-refractivity contribution in [2.75, 3.05) is 7.11 Å². The number of benzene rings is 1. The second-order valence-corrected chi connectivity index (χ2v) is 5.19. The van der Waals surface area contributed by atoms with Crippen molar-refractivity contribution in [3.63, 3.8) is 0 Å². The number of thiophene rings is 1. The summed E-state index contributed by atoms with van der Waals surface area (Å²) >= 11 is 1.55. The maximum Gasteiger partial charge on any atom is 0.348 e. The summed E-state index contributed by atoms with van der Waals surface area (Å²) in [7, 11) is 1.43. The van der Waals surface area contributed by atoms with Crippen molar-refractivity contribution in [1.29, 1.82) is 0 Å². The molecule has 3 heteroatoms. The smallest absolute Gasteiger partial charge is 0.348 e. The first kappa shape index (κ1) is 9.85. The lowest BCUT2D eigenvalue weighted by atomic mass is 10.1. The van der Waals surface area contributed by atoms with Gasteiger partial charge >= 0.3 is 5.97 Å². The minimum atomic E-state index is -0.233. The van der Waals surface area contributed by atoms with Gasteiger partial charge in [0.25, 0.3) is 0 Å². The van der Waals surface area contributed by atoms with Gasteiger partial charge in [0.15, 0.2) is 0 Å². The van der Waals surface area contributed by atoms with Gasteiger partial charge in [0, 0.05) is 4.70 Å². The van der Waals surface area contributed by atoms with E-state index >= 15 is 0 Å². The second-order valence-electron chi connectivity index (χ2n) is 4.14. The topological polar surface area (TPSA) is 26.3 Å². The van der Waals surface area contributed by atoms with Crippen molar-refractivity contribution < 1.29 is 9.53 Å². The Hall–Kier alpha value is -1.35. The van der Waals surface area contributed by atoms with Crippen molar-refractivity contribution in [3.8, 4) is 0 Å². The van der Waals surface area contributed by atoms with E-state index in [4.69, 9.17) is 4.74 Å². The minimum Gasteiger partial charge on any atom is -0.465 e. The fraction of sp³-hybridized carbons (Fsp3) is 0.308. The number of hydrogen-bond donors (Lipinski definition) is 0. The Morgan fingerprint density at radius 3 is 2.94 bits per heavy atom. The number of ether oxygens (including phenoxy) is 1. The molecule has 2 aromatic rings. The van der Waals surface area contributed by atoms with Gasteiger partial charge < -0.3 is 4.74 Å². The third-order valence-electron chi connectivity index (χ3n) is 2.98. The third kappa shape index (κ3) is 1.52. The van der Waals surface area contributed by atoms with Gasteiger partial charge in [-0.2, -0.15) is 0 Å². The zero-order valence-electron chi connectivity index (χ0n) is 9.03. The molecule has 1 aromatic carbocycles. The molecule has 0 unspecified atom stereocenters. The molecule has 0 aliphatic heterocycles. The van der Waals surface area contributed by atoms with Crippen LogP contribution in [0.4, 0.5) is 0 Å². The van der Waals surface area contributed by atoms with E-state index in [1.807, 2.05) is 6.07 Å². The summed E-state index contributed by atoms with van der Waals surface area (Å²) in [4.78, 5) is 12.2. The van der Waals surface area contributed by atoms with Gasteiger partial charge in [0.1, 0.15) is 4.88 Å². The molecule has 82 valence electrons. The highest BCUT2D eigenvalue weighted by molar-refractivity contribution is 7.21. The monoisotopic (exact) mass is 232 g/mol. The lowest BCUT2D eigenvalue weighted by Crippen LogP contribution is -1.96. The van der Waals surface area contributed by atoms with Crippen molar-refractivity contribution in [2.45, 2.75) is 18.8 Å². The Balaban J connectivity index is 2.16. The highest BCUT2D eigenvalue weighted by atomic mass is 32.1. The first-order valence-corrected chi connectivity index (χ1v) is 6.22. The average molecular weight is 232 g/mol. The zero-order valence-corrected chi connectivity index (χ0v) is 9.84. The van der Waals surface area contributed by atoms with E-state index in [0.29, 0.717) is 10.8 Å². The molecule has 0 saturated heterocycles. The fourth-order valence-corrected chi connectivity index (χ4v) is 3.17. The molecule has 0 radical (unpaired) electrons. The summed E-state index contributed by atoms with van der Waals surface area (Å²) in [5.41, 5.74) is 1.40. The van der Waals surface area contributed by atoms with Crippen molar-refractivity contribution in [3.05, 3.63) is 34.7 Å². The Labute approximate surface area is 97.8 Å². The fourth-order valence-electron chi connectivity index (χ4n) is 2.00. The van der Waals surface area contributed by atoms with E-state index < -0.39 is 0 Å². The van der Waals surface area contributed by atoms with Crippen molar-refractivity contribution in [2.24, 2.45) is 0 Å². The largest absolute Gasteiger partial charge is 0.465 e. The van der Waals surface area contributed by atoms with E-state index in [1.165, 1.54) is 30.2 Å². The Kier molecular flexibility index (Phi) is 2.21. The van der Waals surface area contributed by atoms with E-state index in [0.717, 1.165) is 5.39 Å². The molecule has 0 N–H and O–H groups in total. The summed E-state index contributed by atoms with van der Waals surface area (Å²) < 4.78 is 6.01. The molecule has 0 spiro atoms. The minimum absolute atomic E-state index is 0.233. The highest BCUT2D eigenvalue weighted by Gasteiger charge is 2.26. The van der Waals surface area contributed by atoms with Gasteiger partial charge in [0.2, 0.25) is 0 Å². The molecule has 16 heavy (non-hydrogen) atoms. The number of hydrogen-bond acceptors (Lipinski definition) is 3. The molecule has 1 saturated carbocycles. The van der Waals surface area contributed by atoms with Crippen LogP contribution in [0.2, 0.25) is 0 Å². The van der Waals surface area contributed by atoms with Crippen LogP contribution in [0.5, 0.6) is 0 Å². The molecule has 1 fully saturated rings. The normalized spacial score (nSPS) is 15.3. The Bertz CT molecular complexity index is 552. The van der Waals surface area contributed by atoms with Crippen molar-refractivity contribution in [1.82, 2.24) is 0 Å². The Morgan fingerprint density at radius 1 is 1.44 bits per heavy atom. The molecule has 2 nitrogen and oxygen atoms in total. The van der Waals surface area contributed by atoms with Crippen LogP contribution in [0.3, 0.4) is 0 Å². The lowest BCUT2D eigenvalue weighted by Gasteiger charge is -1.98. The number of fused-ring (bicyclic) bond motifs is 1. The summed E-state index contributed by atoms with van der Waals surface area (Å²) in [5.74, 6) is 0.482. The van der Waals surface area contributed by atoms with Gasteiger partial charge in [0.05, 0.1) is 7.11 Å². The first-order chi connectivity index (χ1) is 7.79. The van der Waals surface area contributed by atoms with E-state index in [2.05, 4.69) is 18.2 Å². The van der Waals surface area contributed by atoms with E-state index in [9.17, 15) is 4.79 Å². The van der Waals surface area contributed by atoms with Crippen LogP contribution in [0.15, 0.2) is 24.3 Å². The number of esters is 1. The molecule has 1 heterocycles. The third-order valence-corrected chi connectivity index (χ3v) is 4.16. The molecular weight excluding hydrogens is 220 g/mol. The predicted octanol–water partition coefficient (Wildman–Crippen LogP) is 3.57. The molecular formula is C13H12O2S. The van der Waals surface area contributed by atoms with Crippen LogP contribution in [-0.2, 0) is 4.74 Å². The maximum absolute atomic E-state index is 11.5. The zero-order chi connectivity index (χ0) is 11.1. The summed E-state index contributed by atoms with van der Waals surface area (Å²) in [6.07, 6.45) is 2.56. The van der Waals surface area contributed by atoms with Gasteiger partial charge in [-0.3, -0.25) is 0 Å². The molecule has 0 amide bonds. The van der Waals surface area contributed by atoms with Crippen molar-refractivity contribution >= 4 is 27.4 Å². The van der Waals surface area contributed by atoms with Crippen LogP contribution in [0.1, 0.15) is 34.0 Å². The second kappa shape index (κ2) is 3.59. The summed E-state index contributed by atoms with van der Waals surface area (Å²) in [6, 6.07) is 8.24. The van der Waals surface area contributed by atoms with Crippen LogP contribution in [0, 0.1) is 0 Å². The molecule has 1 aliphatic rings. The van der Waals surface area contributed by atoms with Crippen LogP contribution < -0.4 is 0 Å². The van der Waals surface area contributed by atoms with Crippen LogP contribution >= 0.6 is 11.3 Å². The molecule has 3 rings (SSSR count). The van der Waals surface area contributed by atoms with Gasteiger partial charge in [-0.15, -0.1) is 11.3 Å². The standard InChI is InChI=1S/C13H12O2S/c1-15-13(14)11-7-9-3-2-4-10(8-5-6-8)12(9)16-11/h2-4,7-8H,5-6H2,1H3. The lowest BCUT2D eigenvalue weighted by molar-refractivity contribution is 0.0606.